The van der Waals surface area contributed by atoms with E-state index in [4.69, 9.17) is 17.3 Å². The molecule has 19 heavy (non-hydrogen) atoms. The van der Waals surface area contributed by atoms with Crippen LogP contribution in [0.5, 0.6) is 0 Å². The normalized spacial score (nSPS) is 15.1. The Morgan fingerprint density at radius 2 is 2.00 bits per heavy atom. The van der Waals surface area contributed by atoms with Crippen molar-refractivity contribution >= 4 is 34.8 Å². The Morgan fingerprint density at radius 1 is 1.32 bits per heavy atom. The number of hydrogen-bond donors (Lipinski definition) is 3. The first kappa shape index (κ1) is 13.6. The molecule has 2 rings (SSSR count). The lowest BCUT2D eigenvalue weighted by Crippen LogP contribution is -2.49. The fraction of sp³-hybridized carbons (Fsp3) is 0.333. The molecule has 0 aromatic heterocycles. The van der Waals surface area contributed by atoms with Crippen molar-refractivity contribution in [3.63, 3.8) is 0 Å². The highest BCUT2D eigenvalue weighted by Gasteiger charge is 2.23. The third-order valence-electron chi connectivity index (χ3n) is 2.86. The number of anilines is 2. The number of carbonyl (C=O) groups is 2. The summed E-state index contributed by atoms with van der Waals surface area (Å²) in [6.45, 7) is 2.48. The first-order chi connectivity index (χ1) is 9.08. The van der Waals surface area contributed by atoms with Crippen molar-refractivity contribution in [1.82, 2.24) is 10.2 Å². The molecule has 0 radical (unpaired) electrons. The van der Waals surface area contributed by atoms with E-state index >= 15 is 0 Å². The van der Waals surface area contributed by atoms with Crippen LogP contribution in [0.3, 0.4) is 0 Å². The predicted molar refractivity (Wildman–Crippen MR) is 73.9 cm³/mol. The van der Waals surface area contributed by atoms with E-state index in [0.29, 0.717) is 42.6 Å². The number of amides is 2. The number of hydrogen-bond acceptors (Lipinski definition) is 4. The van der Waals surface area contributed by atoms with Gasteiger partial charge in [-0.25, -0.2) is 0 Å². The predicted octanol–water partition coefficient (Wildman–Crippen LogP) is 0.293. The van der Waals surface area contributed by atoms with Crippen LogP contribution < -0.4 is 16.4 Å². The van der Waals surface area contributed by atoms with Gasteiger partial charge in [-0.2, -0.15) is 0 Å². The molecule has 0 saturated carbocycles. The van der Waals surface area contributed by atoms with Crippen LogP contribution in [0.15, 0.2) is 18.2 Å². The van der Waals surface area contributed by atoms with Crippen LogP contribution in [0.25, 0.3) is 0 Å². The molecule has 1 aromatic rings. The van der Waals surface area contributed by atoms with Crippen molar-refractivity contribution < 1.29 is 9.59 Å². The smallest absolute Gasteiger partial charge is 0.313 e. The highest BCUT2D eigenvalue weighted by atomic mass is 35.5. The number of rotatable bonds is 1. The van der Waals surface area contributed by atoms with Crippen molar-refractivity contribution in [2.24, 2.45) is 0 Å². The average Bonchev–Trinajstić information content (AvgIpc) is 2.43. The van der Waals surface area contributed by atoms with Crippen molar-refractivity contribution in [3.05, 3.63) is 23.2 Å². The second-order valence-electron chi connectivity index (χ2n) is 4.23. The summed E-state index contributed by atoms with van der Waals surface area (Å²) >= 11 is 5.85. The molecular formula is C12H15ClN4O2. The summed E-state index contributed by atoms with van der Waals surface area (Å²) in [4.78, 5) is 25.2. The van der Waals surface area contributed by atoms with E-state index in [1.165, 1.54) is 11.0 Å². The number of nitrogens with one attached hydrogen (secondary N) is 2. The summed E-state index contributed by atoms with van der Waals surface area (Å²) in [5.74, 6) is -1.20. The van der Waals surface area contributed by atoms with Gasteiger partial charge >= 0.3 is 11.8 Å². The monoisotopic (exact) mass is 282 g/mol. The Labute approximate surface area is 115 Å². The van der Waals surface area contributed by atoms with Crippen LogP contribution in [-0.4, -0.2) is 42.9 Å². The Kier molecular flexibility index (Phi) is 4.24. The summed E-state index contributed by atoms with van der Waals surface area (Å²) in [5.41, 5.74) is 6.45. The molecule has 1 aliphatic rings. The molecule has 1 aromatic carbocycles. The third-order valence-corrected chi connectivity index (χ3v) is 3.18. The zero-order valence-corrected chi connectivity index (χ0v) is 11.0. The molecule has 102 valence electrons. The summed E-state index contributed by atoms with van der Waals surface area (Å²) in [7, 11) is 0. The lowest BCUT2D eigenvalue weighted by molar-refractivity contribution is -0.143. The van der Waals surface area contributed by atoms with Gasteiger partial charge in [-0.1, -0.05) is 11.6 Å². The highest BCUT2D eigenvalue weighted by Crippen LogP contribution is 2.22. The maximum Gasteiger partial charge on any atom is 0.313 e. The van der Waals surface area contributed by atoms with Gasteiger partial charge in [-0.05, 0) is 18.2 Å². The Hall–Kier alpha value is -1.79. The Morgan fingerprint density at radius 3 is 2.63 bits per heavy atom. The third kappa shape index (κ3) is 3.36. The first-order valence-corrected chi connectivity index (χ1v) is 6.32. The molecule has 1 fully saturated rings. The lowest BCUT2D eigenvalue weighted by Gasteiger charge is -2.26. The summed E-state index contributed by atoms with van der Waals surface area (Å²) in [6, 6.07) is 4.69. The molecule has 0 atom stereocenters. The highest BCUT2D eigenvalue weighted by molar-refractivity contribution is 6.40. The Balaban J connectivity index is 1.99. The summed E-state index contributed by atoms with van der Waals surface area (Å²) < 4.78 is 0. The summed E-state index contributed by atoms with van der Waals surface area (Å²) in [5, 5.41) is 5.97. The van der Waals surface area contributed by atoms with Gasteiger partial charge in [0, 0.05) is 31.9 Å². The second kappa shape index (κ2) is 5.90. The van der Waals surface area contributed by atoms with Crippen molar-refractivity contribution in [3.8, 4) is 0 Å². The number of benzene rings is 1. The Bertz CT molecular complexity index is 501. The largest absolute Gasteiger partial charge is 0.398 e. The number of halogens is 1. The standard InChI is InChI=1S/C12H15ClN4O2/c13-9-7-8(1-2-10(9)14)16-11(18)12(19)17-5-3-15-4-6-17/h1-2,7,15H,3-6,14H2,(H,16,18). The number of carbonyl (C=O) groups excluding carboxylic acids is 2. The molecule has 0 spiro atoms. The SMILES string of the molecule is Nc1ccc(NC(=O)C(=O)N2CCNCC2)cc1Cl. The van der Waals surface area contributed by atoms with Gasteiger partial charge in [0.2, 0.25) is 0 Å². The van der Waals surface area contributed by atoms with Gasteiger partial charge in [0.05, 0.1) is 10.7 Å². The molecule has 7 heteroatoms. The van der Waals surface area contributed by atoms with Crippen LogP contribution in [0, 0.1) is 0 Å². The van der Waals surface area contributed by atoms with Crippen LogP contribution >= 0.6 is 11.6 Å². The molecule has 1 saturated heterocycles. The van der Waals surface area contributed by atoms with Crippen molar-refractivity contribution in [1.29, 1.82) is 0 Å². The van der Waals surface area contributed by atoms with Gasteiger partial charge in [0.1, 0.15) is 0 Å². The molecule has 0 aliphatic carbocycles. The molecule has 4 N–H and O–H groups in total. The van der Waals surface area contributed by atoms with E-state index in [1.54, 1.807) is 12.1 Å². The van der Waals surface area contributed by atoms with Crippen LogP contribution in [-0.2, 0) is 9.59 Å². The average molecular weight is 283 g/mol. The topological polar surface area (TPSA) is 87.5 Å². The fourth-order valence-electron chi connectivity index (χ4n) is 1.80. The van der Waals surface area contributed by atoms with E-state index in [2.05, 4.69) is 10.6 Å². The first-order valence-electron chi connectivity index (χ1n) is 5.94. The van der Waals surface area contributed by atoms with Crippen molar-refractivity contribution in [2.75, 3.05) is 37.2 Å². The number of nitrogen functional groups attached to an aromatic ring is 1. The number of nitrogens with two attached hydrogens (primary N) is 1. The maximum atomic E-state index is 11.9. The minimum absolute atomic E-state index is 0.340. The van der Waals surface area contributed by atoms with Gasteiger partial charge in [-0.3, -0.25) is 9.59 Å². The second-order valence-corrected chi connectivity index (χ2v) is 4.64. The minimum atomic E-state index is -0.664. The maximum absolute atomic E-state index is 11.9. The minimum Gasteiger partial charge on any atom is -0.398 e. The van der Waals surface area contributed by atoms with Crippen LogP contribution in [0.2, 0.25) is 5.02 Å². The molecule has 0 unspecified atom stereocenters. The van der Waals surface area contributed by atoms with E-state index < -0.39 is 11.8 Å². The zero-order valence-electron chi connectivity index (χ0n) is 10.3. The van der Waals surface area contributed by atoms with Crippen LogP contribution in [0.1, 0.15) is 0 Å². The van der Waals surface area contributed by atoms with E-state index in [0.717, 1.165) is 0 Å². The number of nitrogens with zero attached hydrogens (tertiary/aromatic N) is 1. The van der Waals surface area contributed by atoms with E-state index in [-0.39, 0.29) is 0 Å². The lowest BCUT2D eigenvalue weighted by atomic mass is 10.2. The molecule has 6 nitrogen and oxygen atoms in total. The molecule has 2 amide bonds. The molecule has 1 heterocycles. The molecular weight excluding hydrogens is 268 g/mol. The van der Waals surface area contributed by atoms with Crippen LogP contribution in [0.4, 0.5) is 11.4 Å². The van der Waals surface area contributed by atoms with Gasteiger partial charge in [0.15, 0.2) is 0 Å². The van der Waals surface area contributed by atoms with Crippen molar-refractivity contribution in [2.45, 2.75) is 0 Å². The van der Waals surface area contributed by atoms with Gasteiger partial charge in [-0.15, -0.1) is 0 Å². The van der Waals surface area contributed by atoms with Gasteiger partial charge in [0.25, 0.3) is 0 Å². The molecule has 0 bridgehead atoms. The van der Waals surface area contributed by atoms with E-state index in [9.17, 15) is 9.59 Å². The summed E-state index contributed by atoms with van der Waals surface area (Å²) in [6.07, 6.45) is 0. The zero-order chi connectivity index (χ0) is 13.8. The fourth-order valence-corrected chi connectivity index (χ4v) is 1.98. The molecule has 1 aliphatic heterocycles. The quantitative estimate of drug-likeness (QED) is 0.510. The van der Waals surface area contributed by atoms with Gasteiger partial charge < -0.3 is 21.3 Å². The number of piperazine rings is 1. The van der Waals surface area contributed by atoms with E-state index in [1.807, 2.05) is 0 Å².